The molecule has 0 bridgehead atoms. The summed E-state index contributed by atoms with van der Waals surface area (Å²) in [6, 6.07) is 3.89. The lowest BCUT2D eigenvalue weighted by Crippen LogP contribution is -2.31. The lowest BCUT2D eigenvalue weighted by atomic mass is 10.2. The van der Waals surface area contributed by atoms with Crippen LogP contribution in [-0.2, 0) is 11.2 Å². The first kappa shape index (κ1) is 14.5. The van der Waals surface area contributed by atoms with E-state index < -0.39 is 0 Å². The summed E-state index contributed by atoms with van der Waals surface area (Å²) in [5, 5.41) is 0. The van der Waals surface area contributed by atoms with Gasteiger partial charge in [-0.25, -0.2) is 0 Å². The predicted octanol–water partition coefficient (Wildman–Crippen LogP) is 3.98. The third-order valence-electron chi connectivity index (χ3n) is 2.73. The van der Waals surface area contributed by atoms with Gasteiger partial charge in [0.05, 0.1) is 4.34 Å². The van der Waals surface area contributed by atoms with Crippen molar-refractivity contribution in [2.24, 2.45) is 0 Å². The van der Waals surface area contributed by atoms with E-state index in [1.54, 1.807) is 11.3 Å². The molecule has 0 unspecified atom stereocenters. The van der Waals surface area contributed by atoms with Crippen molar-refractivity contribution < 1.29 is 4.79 Å². The van der Waals surface area contributed by atoms with Gasteiger partial charge >= 0.3 is 0 Å². The van der Waals surface area contributed by atoms with Gasteiger partial charge in [-0.3, -0.25) is 4.79 Å². The lowest BCUT2D eigenvalue weighted by Gasteiger charge is -2.20. The van der Waals surface area contributed by atoms with Gasteiger partial charge in [0.15, 0.2) is 0 Å². The first-order valence-corrected chi connectivity index (χ1v) is 7.38. The molecule has 1 rings (SSSR count). The minimum atomic E-state index is 0.255. The summed E-state index contributed by atoms with van der Waals surface area (Å²) in [4.78, 5) is 15.1. The van der Waals surface area contributed by atoms with Crippen molar-refractivity contribution in [3.63, 3.8) is 0 Å². The monoisotopic (exact) mass is 273 g/mol. The fraction of sp³-hybridized carbons (Fsp3) is 0.615. The molecule has 0 radical (unpaired) electrons. The van der Waals surface area contributed by atoms with Crippen LogP contribution in [0.5, 0.6) is 0 Å². The maximum atomic E-state index is 12.0. The van der Waals surface area contributed by atoms with E-state index in [2.05, 4.69) is 6.92 Å². The van der Waals surface area contributed by atoms with Gasteiger partial charge in [-0.15, -0.1) is 11.3 Å². The summed E-state index contributed by atoms with van der Waals surface area (Å²) >= 11 is 7.42. The fourth-order valence-electron chi connectivity index (χ4n) is 1.68. The maximum absolute atomic E-state index is 12.0. The molecule has 0 atom stereocenters. The smallest absolute Gasteiger partial charge is 0.222 e. The number of hydrogen-bond acceptors (Lipinski definition) is 2. The highest BCUT2D eigenvalue weighted by molar-refractivity contribution is 7.16. The number of carbonyl (C=O) groups is 1. The highest BCUT2D eigenvalue weighted by Gasteiger charge is 2.11. The first-order chi connectivity index (χ1) is 8.17. The Morgan fingerprint density at radius 1 is 1.41 bits per heavy atom. The van der Waals surface area contributed by atoms with Crippen LogP contribution in [0.2, 0.25) is 4.34 Å². The summed E-state index contributed by atoms with van der Waals surface area (Å²) in [6.07, 6.45) is 3.61. The minimum absolute atomic E-state index is 0.255. The normalized spacial score (nSPS) is 10.5. The number of rotatable bonds is 7. The number of carbonyl (C=O) groups excluding carboxylic acids is 1. The summed E-state index contributed by atoms with van der Waals surface area (Å²) in [5.41, 5.74) is 0. The van der Waals surface area contributed by atoms with Gasteiger partial charge in [-0.1, -0.05) is 24.9 Å². The van der Waals surface area contributed by atoms with Crippen LogP contribution in [0.1, 0.15) is 38.0 Å². The average molecular weight is 274 g/mol. The molecule has 1 aromatic rings. The lowest BCUT2D eigenvalue weighted by molar-refractivity contribution is -0.131. The third-order valence-corrected chi connectivity index (χ3v) is 4.02. The van der Waals surface area contributed by atoms with Gasteiger partial charge in [0.2, 0.25) is 5.91 Å². The van der Waals surface area contributed by atoms with Gasteiger partial charge in [0.1, 0.15) is 0 Å². The van der Waals surface area contributed by atoms with Crippen molar-refractivity contribution >= 4 is 28.8 Å². The first-order valence-electron chi connectivity index (χ1n) is 6.19. The fourth-order valence-corrected chi connectivity index (χ4v) is 2.77. The molecule has 17 heavy (non-hydrogen) atoms. The molecule has 4 heteroatoms. The molecule has 1 heterocycles. The quantitative estimate of drug-likeness (QED) is 0.736. The van der Waals surface area contributed by atoms with Crippen LogP contribution in [0.4, 0.5) is 0 Å². The van der Waals surface area contributed by atoms with E-state index in [0.29, 0.717) is 6.42 Å². The number of aryl methyl sites for hydroxylation is 1. The third kappa shape index (κ3) is 5.09. The molecule has 2 nitrogen and oxygen atoms in total. The van der Waals surface area contributed by atoms with Crippen LogP contribution >= 0.6 is 22.9 Å². The Hall–Kier alpha value is -0.540. The van der Waals surface area contributed by atoms with E-state index in [9.17, 15) is 4.79 Å². The van der Waals surface area contributed by atoms with Crippen LogP contribution in [-0.4, -0.2) is 23.9 Å². The van der Waals surface area contributed by atoms with Crippen molar-refractivity contribution in [2.75, 3.05) is 13.1 Å². The summed E-state index contributed by atoms with van der Waals surface area (Å²) in [7, 11) is 0. The van der Waals surface area contributed by atoms with Crippen molar-refractivity contribution in [3.05, 3.63) is 21.3 Å². The van der Waals surface area contributed by atoms with E-state index in [4.69, 9.17) is 11.6 Å². The minimum Gasteiger partial charge on any atom is -0.343 e. The van der Waals surface area contributed by atoms with Gasteiger partial charge in [-0.05, 0) is 31.9 Å². The number of hydrogen-bond donors (Lipinski definition) is 0. The molecular weight excluding hydrogens is 254 g/mol. The van der Waals surface area contributed by atoms with Gasteiger partial charge in [0.25, 0.3) is 0 Å². The molecule has 96 valence electrons. The second-order valence-corrected chi connectivity index (χ2v) is 5.83. The van der Waals surface area contributed by atoms with Gasteiger partial charge < -0.3 is 4.90 Å². The Morgan fingerprint density at radius 3 is 2.71 bits per heavy atom. The van der Waals surface area contributed by atoms with Crippen LogP contribution in [0.15, 0.2) is 12.1 Å². The van der Waals surface area contributed by atoms with Crippen LogP contribution < -0.4 is 0 Å². The van der Waals surface area contributed by atoms with Gasteiger partial charge in [-0.2, -0.15) is 0 Å². The van der Waals surface area contributed by atoms with Crippen LogP contribution in [0.3, 0.4) is 0 Å². The Morgan fingerprint density at radius 2 is 2.18 bits per heavy atom. The molecule has 0 aliphatic heterocycles. The van der Waals surface area contributed by atoms with E-state index >= 15 is 0 Å². The zero-order chi connectivity index (χ0) is 12.7. The average Bonchev–Trinajstić information content (AvgIpc) is 2.73. The Bertz CT molecular complexity index is 351. The van der Waals surface area contributed by atoms with E-state index in [1.807, 2.05) is 24.0 Å². The molecule has 0 fully saturated rings. The summed E-state index contributed by atoms with van der Waals surface area (Å²) < 4.78 is 0.797. The molecule has 0 aliphatic rings. The molecule has 0 aliphatic carbocycles. The predicted molar refractivity (Wildman–Crippen MR) is 74.8 cm³/mol. The maximum Gasteiger partial charge on any atom is 0.222 e. The van der Waals surface area contributed by atoms with Crippen LogP contribution in [0.25, 0.3) is 0 Å². The second-order valence-electron chi connectivity index (χ2n) is 4.03. The Labute approximate surface area is 113 Å². The zero-order valence-corrected chi connectivity index (χ0v) is 12.1. The Balaban J connectivity index is 2.36. The van der Waals surface area contributed by atoms with Crippen molar-refractivity contribution in [1.82, 2.24) is 4.90 Å². The zero-order valence-electron chi connectivity index (χ0n) is 10.5. The molecule has 0 N–H and O–H groups in total. The van der Waals surface area contributed by atoms with E-state index in [0.717, 1.165) is 36.7 Å². The summed E-state index contributed by atoms with van der Waals surface area (Å²) in [6.45, 7) is 5.88. The largest absolute Gasteiger partial charge is 0.343 e. The highest BCUT2D eigenvalue weighted by atomic mass is 35.5. The van der Waals surface area contributed by atoms with Crippen molar-refractivity contribution in [3.8, 4) is 0 Å². The molecule has 0 saturated carbocycles. The standard InChI is InChI=1S/C13H20ClNOS/c1-3-5-10-15(4-2)13(16)9-7-11-6-8-12(14)17-11/h6,8H,3-5,7,9-10H2,1-2H3. The number of unbranched alkanes of at least 4 members (excludes halogenated alkanes) is 1. The molecule has 0 aromatic carbocycles. The molecule has 1 amide bonds. The molecular formula is C13H20ClNOS. The molecule has 0 saturated heterocycles. The SMILES string of the molecule is CCCCN(CC)C(=O)CCc1ccc(Cl)s1. The number of amides is 1. The van der Waals surface area contributed by atoms with Crippen molar-refractivity contribution in [2.45, 2.75) is 39.5 Å². The van der Waals surface area contributed by atoms with E-state index in [1.165, 1.54) is 4.88 Å². The second kappa shape index (κ2) is 7.72. The number of halogens is 1. The molecule has 1 aromatic heterocycles. The number of nitrogens with zero attached hydrogens (tertiary/aromatic N) is 1. The van der Waals surface area contributed by atoms with Crippen LogP contribution in [0, 0.1) is 0 Å². The van der Waals surface area contributed by atoms with Crippen molar-refractivity contribution in [1.29, 1.82) is 0 Å². The topological polar surface area (TPSA) is 20.3 Å². The highest BCUT2D eigenvalue weighted by Crippen LogP contribution is 2.22. The summed E-state index contributed by atoms with van der Waals surface area (Å²) in [5.74, 6) is 0.255. The van der Waals surface area contributed by atoms with Gasteiger partial charge in [0, 0.05) is 24.4 Å². The Kier molecular flexibility index (Phi) is 6.60. The molecule has 0 spiro atoms. The van der Waals surface area contributed by atoms with E-state index in [-0.39, 0.29) is 5.91 Å². The number of thiophene rings is 1.